The molecule has 1 aromatic carbocycles. The fourth-order valence-electron chi connectivity index (χ4n) is 2.02. The molecule has 0 fully saturated rings. The van der Waals surface area contributed by atoms with Crippen LogP contribution in [0.4, 0.5) is 0 Å². The van der Waals surface area contributed by atoms with Crippen LogP contribution in [0.3, 0.4) is 0 Å². The van der Waals surface area contributed by atoms with Crippen molar-refractivity contribution in [3.8, 4) is 5.75 Å². The first-order valence-electron chi connectivity index (χ1n) is 7.10. The minimum absolute atomic E-state index is 0.105. The zero-order valence-corrected chi connectivity index (χ0v) is 12.6. The van der Waals surface area contributed by atoms with E-state index in [0.29, 0.717) is 18.6 Å². The summed E-state index contributed by atoms with van der Waals surface area (Å²) in [7, 11) is 0. The van der Waals surface area contributed by atoms with Gasteiger partial charge in [0.15, 0.2) is 0 Å². The van der Waals surface area contributed by atoms with Crippen LogP contribution in [0.15, 0.2) is 24.3 Å². The van der Waals surface area contributed by atoms with E-state index in [9.17, 15) is 9.90 Å². The molecule has 1 N–H and O–H groups in total. The number of hydrogen-bond donors (Lipinski definition) is 1. The van der Waals surface area contributed by atoms with Crippen LogP contribution >= 0.6 is 0 Å². The molecule has 1 aromatic rings. The summed E-state index contributed by atoms with van der Waals surface area (Å²) in [6.07, 6.45) is -0.217. The number of carbonyl (C=O) groups excluding carboxylic acids is 1. The van der Waals surface area contributed by atoms with Crippen molar-refractivity contribution in [2.45, 2.75) is 46.3 Å². The number of benzene rings is 1. The van der Waals surface area contributed by atoms with E-state index in [-0.39, 0.29) is 12.1 Å². The lowest BCUT2D eigenvalue weighted by Crippen LogP contribution is -2.24. The summed E-state index contributed by atoms with van der Waals surface area (Å²) in [5.74, 6) is -0.142. The van der Waals surface area contributed by atoms with Crippen LogP contribution < -0.4 is 4.74 Å². The first-order valence-corrected chi connectivity index (χ1v) is 7.10. The molecule has 0 saturated carbocycles. The van der Waals surface area contributed by atoms with Gasteiger partial charge in [-0.25, -0.2) is 0 Å². The van der Waals surface area contributed by atoms with E-state index in [0.717, 1.165) is 5.75 Å². The van der Waals surface area contributed by atoms with Gasteiger partial charge in [-0.05, 0) is 44.9 Å². The number of aliphatic hydroxyl groups excluding tert-OH is 1. The first-order chi connectivity index (χ1) is 9.49. The maximum absolute atomic E-state index is 11.8. The molecule has 4 heteroatoms. The number of rotatable bonds is 7. The molecular weight excluding hydrogens is 256 g/mol. The molecule has 2 atom stereocenters. The highest BCUT2D eigenvalue weighted by Crippen LogP contribution is 2.27. The molecule has 0 radical (unpaired) electrons. The Hall–Kier alpha value is -1.55. The van der Waals surface area contributed by atoms with Gasteiger partial charge in [0.2, 0.25) is 0 Å². The fourth-order valence-corrected chi connectivity index (χ4v) is 2.02. The van der Waals surface area contributed by atoms with Gasteiger partial charge in [0, 0.05) is 0 Å². The predicted octanol–water partition coefficient (Wildman–Crippen LogP) is 3.10. The highest BCUT2D eigenvalue weighted by Gasteiger charge is 2.27. The maximum atomic E-state index is 11.8. The molecule has 0 heterocycles. The molecule has 0 aromatic heterocycles. The van der Waals surface area contributed by atoms with E-state index in [1.807, 2.05) is 20.8 Å². The molecule has 0 bridgehead atoms. The number of hydrogen-bond acceptors (Lipinski definition) is 4. The largest absolute Gasteiger partial charge is 0.491 e. The molecule has 0 aliphatic heterocycles. The van der Waals surface area contributed by atoms with Crippen molar-refractivity contribution in [1.29, 1.82) is 0 Å². The van der Waals surface area contributed by atoms with E-state index in [1.165, 1.54) is 0 Å². The quantitative estimate of drug-likeness (QED) is 0.780. The Labute approximate surface area is 120 Å². The van der Waals surface area contributed by atoms with Crippen molar-refractivity contribution in [2.75, 3.05) is 6.61 Å². The topological polar surface area (TPSA) is 55.8 Å². The third-order valence-electron chi connectivity index (χ3n) is 3.00. The van der Waals surface area contributed by atoms with Crippen molar-refractivity contribution in [3.63, 3.8) is 0 Å². The summed E-state index contributed by atoms with van der Waals surface area (Å²) < 4.78 is 10.5. The lowest BCUT2D eigenvalue weighted by Gasteiger charge is -2.20. The average molecular weight is 280 g/mol. The summed E-state index contributed by atoms with van der Waals surface area (Å²) in [4.78, 5) is 11.8. The Morgan fingerprint density at radius 3 is 2.25 bits per heavy atom. The van der Waals surface area contributed by atoms with Crippen LogP contribution in [-0.2, 0) is 9.53 Å². The second-order valence-electron chi connectivity index (χ2n) is 4.95. The van der Waals surface area contributed by atoms with Crippen LogP contribution in [0, 0.1) is 5.92 Å². The van der Waals surface area contributed by atoms with Gasteiger partial charge in [-0.3, -0.25) is 4.79 Å². The van der Waals surface area contributed by atoms with Crippen LogP contribution in [0.2, 0.25) is 0 Å². The number of ether oxygens (including phenoxy) is 2. The molecular formula is C16H24O4. The molecule has 0 amide bonds. The average Bonchev–Trinajstić information content (AvgIpc) is 2.40. The predicted molar refractivity (Wildman–Crippen MR) is 77.6 cm³/mol. The molecule has 1 rings (SSSR count). The minimum Gasteiger partial charge on any atom is -0.491 e. The van der Waals surface area contributed by atoms with Crippen molar-refractivity contribution in [2.24, 2.45) is 5.92 Å². The minimum atomic E-state index is -0.854. The van der Waals surface area contributed by atoms with Crippen LogP contribution in [0.1, 0.15) is 45.8 Å². The van der Waals surface area contributed by atoms with Crippen molar-refractivity contribution in [3.05, 3.63) is 29.8 Å². The molecule has 0 spiro atoms. The van der Waals surface area contributed by atoms with Crippen molar-refractivity contribution >= 4 is 5.97 Å². The smallest absolute Gasteiger partial charge is 0.311 e. The fraction of sp³-hybridized carbons (Fsp3) is 0.562. The number of esters is 1. The van der Waals surface area contributed by atoms with Gasteiger partial charge >= 0.3 is 5.97 Å². The lowest BCUT2D eigenvalue weighted by molar-refractivity contribution is -0.152. The van der Waals surface area contributed by atoms with Crippen LogP contribution in [0.5, 0.6) is 5.75 Å². The van der Waals surface area contributed by atoms with Gasteiger partial charge < -0.3 is 14.6 Å². The van der Waals surface area contributed by atoms with Gasteiger partial charge in [-0.15, -0.1) is 0 Å². The molecule has 0 aliphatic carbocycles. The summed E-state index contributed by atoms with van der Waals surface area (Å²) in [6, 6.07) is 7.17. The summed E-state index contributed by atoms with van der Waals surface area (Å²) in [6.45, 7) is 7.85. The molecule has 0 saturated heterocycles. The van der Waals surface area contributed by atoms with E-state index < -0.39 is 12.0 Å². The molecule has 112 valence electrons. The second kappa shape index (κ2) is 7.90. The van der Waals surface area contributed by atoms with E-state index in [4.69, 9.17) is 9.47 Å². The Bertz CT molecular complexity index is 411. The highest BCUT2D eigenvalue weighted by molar-refractivity contribution is 5.73. The van der Waals surface area contributed by atoms with E-state index in [2.05, 4.69) is 0 Å². The normalized spacial score (nSPS) is 13.9. The van der Waals surface area contributed by atoms with E-state index >= 15 is 0 Å². The zero-order valence-electron chi connectivity index (χ0n) is 12.6. The van der Waals surface area contributed by atoms with Gasteiger partial charge in [-0.1, -0.05) is 19.1 Å². The van der Waals surface area contributed by atoms with E-state index in [1.54, 1.807) is 31.2 Å². The summed E-state index contributed by atoms with van der Waals surface area (Å²) >= 11 is 0. The second-order valence-corrected chi connectivity index (χ2v) is 4.95. The number of carbonyl (C=O) groups is 1. The standard InChI is InChI=1S/C16H24O4/c1-5-14(16(18)19-6-2)15(17)12-7-9-13(10-8-12)20-11(3)4/h7-11,14-15,17H,5-6H2,1-4H3. The van der Waals surface area contributed by atoms with Gasteiger partial charge in [0.05, 0.1) is 24.7 Å². The Morgan fingerprint density at radius 1 is 1.20 bits per heavy atom. The molecule has 0 aliphatic rings. The van der Waals surface area contributed by atoms with Gasteiger partial charge in [-0.2, -0.15) is 0 Å². The zero-order chi connectivity index (χ0) is 15.1. The van der Waals surface area contributed by atoms with Crippen molar-refractivity contribution in [1.82, 2.24) is 0 Å². The molecule has 20 heavy (non-hydrogen) atoms. The Kier molecular flexibility index (Phi) is 6.52. The third-order valence-corrected chi connectivity index (χ3v) is 3.00. The highest BCUT2D eigenvalue weighted by atomic mass is 16.5. The molecule has 2 unspecified atom stereocenters. The Morgan fingerprint density at radius 2 is 1.80 bits per heavy atom. The Balaban J connectivity index is 2.79. The van der Waals surface area contributed by atoms with Gasteiger partial charge in [0.1, 0.15) is 5.75 Å². The number of aliphatic hydroxyl groups is 1. The summed E-state index contributed by atoms with van der Waals surface area (Å²) in [5.41, 5.74) is 0.695. The lowest BCUT2D eigenvalue weighted by atomic mass is 9.93. The monoisotopic (exact) mass is 280 g/mol. The van der Waals surface area contributed by atoms with Crippen LogP contribution in [0.25, 0.3) is 0 Å². The van der Waals surface area contributed by atoms with Crippen molar-refractivity contribution < 1.29 is 19.4 Å². The summed E-state index contributed by atoms with van der Waals surface area (Å²) in [5, 5.41) is 10.3. The van der Waals surface area contributed by atoms with Crippen LogP contribution in [-0.4, -0.2) is 23.8 Å². The maximum Gasteiger partial charge on any atom is 0.311 e. The SMILES string of the molecule is CCOC(=O)C(CC)C(O)c1ccc(OC(C)C)cc1. The first kappa shape index (κ1) is 16.5. The molecule has 4 nitrogen and oxygen atoms in total. The third kappa shape index (κ3) is 4.53. The van der Waals surface area contributed by atoms with Gasteiger partial charge in [0.25, 0.3) is 0 Å².